The molecule has 1 heterocycles. The van der Waals surface area contributed by atoms with Crippen LogP contribution in [-0.2, 0) is 23.9 Å². The first-order valence-electron chi connectivity index (χ1n) is 14.3. The van der Waals surface area contributed by atoms with Crippen molar-refractivity contribution < 1.29 is 28.7 Å². The van der Waals surface area contributed by atoms with Gasteiger partial charge in [0.15, 0.2) is 0 Å². The predicted octanol–water partition coefficient (Wildman–Crippen LogP) is 3.18. The Labute approximate surface area is 233 Å². The fourth-order valence-corrected chi connectivity index (χ4v) is 5.47. The van der Waals surface area contributed by atoms with Gasteiger partial charge in [-0.3, -0.25) is 19.2 Å². The summed E-state index contributed by atoms with van der Waals surface area (Å²) >= 11 is 0. The molecule has 222 valence electrons. The van der Waals surface area contributed by atoms with E-state index in [0.29, 0.717) is 32.4 Å². The Kier molecular flexibility index (Phi) is 10.2. The maximum atomic E-state index is 13.9. The molecule has 0 radical (unpaired) electrons. The number of Topliss-reactive ketones (excluding diaryl/α,β-unsaturated/α-hetero) is 1. The summed E-state index contributed by atoms with van der Waals surface area (Å²) < 4.78 is 5.40. The zero-order valence-corrected chi connectivity index (χ0v) is 25.5. The third kappa shape index (κ3) is 7.94. The lowest BCUT2D eigenvalue weighted by molar-refractivity contribution is -0.145. The standard InChI is InChI=1S/C29H50N4O6/c1-11-13-14-18(21(34)24(36)30-15-12-2)31-23(35)20-19-17(29(19,9)10)16-33(20)25(37)22(27(3,4)5)32-26(38)39-28(6,7)8/h17-20,22H,11-16H2,1-10H3,(H,30,36)(H,31,35)(H,32,38)/t17-,18?,19-,20-,22+/m0/s1. The molecule has 0 aromatic carbocycles. The van der Waals surface area contributed by atoms with Gasteiger partial charge >= 0.3 is 6.09 Å². The van der Waals surface area contributed by atoms with Crippen LogP contribution in [-0.4, -0.2) is 71.3 Å². The minimum absolute atomic E-state index is 0.0839. The number of piperidine rings is 1. The fourth-order valence-electron chi connectivity index (χ4n) is 5.47. The van der Waals surface area contributed by atoms with Crippen LogP contribution in [0.5, 0.6) is 0 Å². The summed E-state index contributed by atoms with van der Waals surface area (Å²) in [5.41, 5.74) is -1.54. The van der Waals surface area contributed by atoms with Crippen molar-refractivity contribution in [3.63, 3.8) is 0 Å². The van der Waals surface area contributed by atoms with Gasteiger partial charge in [0, 0.05) is 13.1 Å². The second-order valence-electron chi connectivity index (χ2n) is 13.7. The Balaban J connectivity index is 2.31. The number of hydrogen-bond acceptors (Lipinski definition) is 6. The molecule has 5 atom stereocenters. The molecule has 1 aliphatic carbocycles. The van der Waals surface area contributed by atoms with Gasteiger partial charge < -0.3 is 25.6 Å². The molecule has 4 amide bonds. The van der Waals surface area contributed by atoms with Crippen molar-refractivity contribution in [2.75, 3.05) is 13.1 Å². The van der Waals surface area contributed by atoms with E-state index in [4.69, 9.17) is 4.74 Å². The van der Waals surface area contributed by atoms with E-state index in [1.54, 1.807) is 25.7 Å². The molecule has 0 aromatic rings. The van der Waals surface area contributed by atoms with Crippen LogP contribution in [0, 0.1) is 22.7 Å². The number of rotatable bonds is 11. The van der Waals surface area contributed by atoms with Crippen LogP contribution < -0.4 is 16.0 Å². The van der Waals surface area contributed by atoms with E-state index < -0.39 is 52.8 Å². The third-order valence-electron chi connectivity index (χ3n) is 7.77. The normalized spacial score (nSPS) is 23.2. The van der Waals surface area contributed by atoms with Gasteiger partial charge in [-0.15, -0.1) is 0 Å². The van der Waals surface area contributed by atoms with Crippen molar-refractivity contribution in [3.05, 3.63) is 0 Å². The number of carbonyl (C=O) groups is 5. The van der Waals surface area contributed by atoms with Crippen LogP contribution in [0.15, 0.2) is 0 Å². The first-order valence-corrected chi connectivity index (χ1v) is 14.3. The molecule has 3 N–H and O–H groups in total. The highest BCUT2D eigenvalue weighted by Crippen LogP contribution is 2.65. The highest BCUT2D eigenvalue weighted by Gasteiger charge is 2.70. The summed E-state index contributed by atoms with van der Waals surface area (Å²) in [6.45, 7) is 19.5. The highest BCUT2D eigenvalue weighted by atomic mass is 16.6. The van der Waals surface area contributed by atoms with Crippen LogP contribution in [0.2, 0.25) is 0 Å². The summed E-state index contributed by atoms with van der Waals surface area (Å²) in [5, 5.41) is 8.15. The Morgan fingerprint density at radius 3 is 2.10 bits per heavy atom. The van der Waals surface area contributed by atoms with Crippen molar-refractivity contribution in [1.82, 2.24) is 20.9 Å². The van der Waals surface area contributed by atoms with Crippen LogP contribution in [0.4, 0.5) is 4.79 Å². The second kappa shape index (κ2) is 12.3. The minimum atomic E-state index is -0.967. The first-order chi connectivity index (χ1) is 17.9. The molecule has 0 spiro atoms. The van der Waals surface area contributed by atoms with Gasteiger partial charge in [-0.25, -0.2) is 4.79 Å². The number of amides is 4. The van der Waals surface area contributed by atoms with E-state index in [2.05, 4.69) is 29.8 Å². The Bertz CT molecular complexity index is 948. The molecule has 2 aliphatic rings. The average molecular weight is 551 g/mol. The largest absolute Gasteiger partial charge is 0.444 e. The number of ketones is 1. The van der Waals surface area contributed by atoms with Crippen LogP contribution in [0.1, 0.15) is 94.9 Å². The Hall–Kier alpha value is -2.65. The Morgan fingerprint density at radius 1 is 0.974 bits per heavy atom. The SMILES string of the molecule is CCCCC(NC(=O)[C@@H]1[C@@H]2[C@H](CN1C(=O)[C@@H](NC(=O)OC(C)(C)C)C(C)(C)C)C2(C)C)C(=O)C(=O)NCCC. The quantitative estimate of drug-likeness (QED) is 0.338. The molecular weight excluding hydrogens is 500 g/mol. The summed E-state index contributed by atoms with van der Waals surface area (Å²) in [6.07, 6.45) is 1.78. The second-order valence-corrected chi connectivity index (χ2v) is 13.7. The molecule has 1 aliphatic heterocycles. The summed E-state index contributed by atoms with van der Waals surface area (Å²) in [6, 6.07) is -2.70. The van der Waals surface area contributed by atoms with E-state index in [0.717, 1.165) is 6.42 Å². The Morgan fingerprint density at radius 2 is 1.59 bits per heavy atom. The third-order valence-corrected chi connectivity index (χ3v) is 7.77. The lowest BCUT2D eigenvalue weighted by Crippen LogP contribution is -2.60. The number of nitrogens with one attached hydrogen (secondary N) is 3. The first kappa shape index (κ1) is 32.6. The van der Waals surface area contributed by atoms with Gasteiger partial charge in [-0.05, 0) is 56.3 Å². The van der Waals surface area contributed by atoms with Crippen molar-refractivity contribution in [1.29, 1.82) is 0 Å². The molecule has 1 saturated carbocycles. The summed E-state index contributed by atoms with van der Waals surface area (Å²) in [4.78, 5) is 67.3. The zero-order valence-electron chi connectivity index (χ0n) is 25.5. The number of carbonyl (C=O) groups excluding carboxylic acids is 5. The van der Waals surface area contributed by atoms with Gasteiger partial charge in [0.05, 0.1) is 6.04 Å². The molecule has 1 saturated heterocycles. The highest BCUT2D eigenvalue weighted by molar-refractivity contribution is 6.38. The van der Waals surface area contributed by atoms with Crippen molar-refractivity contribution in [2.24, 2.45) is 22.7 Å². The van der Waals surface area contributed by atoms with E-state index >= 15 is 0 Å². The smallest absolute Gasteiger partial charge is 0.408 e. The lowest BCUT2D eigenvalue weighted by Gasteiger charge is -2.38. The molecule has 0 bridgehead atoms. The van der Waals surface area contributed by atoms with Gasteiger partial charge in [0.1, 0.15) is 17.7 Å². The van der Waals surface area contributed by atoms with E-state index in [1.165, 1.54) is 0 Å². The molecule has 2 fully saturated rings. The van der Waals surface area contributed by atoms with Gasteiger partial charge in [0.25, 0.3) is 5.91 Å². The topological polar surface area (TPSA) is 134 Å². The zero-order chi connectivity index (χ0) is 29.9. The number of likely N-dealkylation sites (tertiary alicyclic amines) is 1. The maximum Gasteiger partial charge on any atom is 0.408 e. The minimum Gasteiger partial charge on any atom is -0.444 e. The van der Waals surface area contributed by atoms with Gasteiger partial charge in [-0.1, -0.05) is 61.3 Å². The predicted molar refractivity (Wildman–Crippen MR) is 149 cm³/mol. The summed E-state index contributed by atoms with van der Waals surface area (Å²) in [5.74, 6) is -2.15. The molecule has 10 nitrogen and oxygen atoms in total. The number of alkyl carbamates (subject to hydrolysis) is 1. The number of fused-ring (bicyclic) bond motifs is 1. The molecular formula is C29H50N4O6. The number of unbranched alkanes of at least 4 members (excludes halogenated alkanes) is 1. The van der Waals surface area contributed by atoms with Crippen molar-refractivity contribution >= 4 is 29.6 Å². The average Bonchev–Trinajstić information content (AvgIpc) is 3.14. The number of hydrogen-bond donors (Lipinski definition) is 3. The molecule has 2 rings (SSSR count). The van der Waals surface area contributed by atoms with Crippen molar-refractivity contribution in [2.45, 2.75) is 119 Å². The van der Waals surface area contributed by atoms with E-state index in [1.807, 2.05) is 34.6 Å². The fraction of sp³-hybridized carbons (Fsp3) is 0.828. The van der Waals surface area contributed by atoms with Gasteiger partial charge in [-0.2, -0.15) is 0 Å². The molecule has 39 heavy (non-hydrogen) atoms. The number of ether oxygens (including phenoxy) is 1. The van der Waals surface area contributed by atoms with Crippen molar-refractivity contribution in [3.8, 4) is 0 Å². The monoisotopic (exact) mass is 550 g/mol. The number of nitrogens with zero attached hydrogens (tertiary/aromatic N) is 1. The van der Waals surface area contributed by atoms with E-state index in [9.17, 15) is 24.0 Å². The molecule has 0 aromatic heterocycles. The summed E-state index contributed by atoms with van der Waals surface area (Å²) in [7, 11) is 0. The molecule has 1 unspecified atom stereocenters. The van der Waals surface area contributed by atoms with Crippen LogP contribution in [0.25, 0.3) is 0 Å². The molecule has 10 heteroatoms. The maximum absolute atomic E-state index is 13.9. The van der Waals surface area contributed by atoms with Crippen LogP contribution >= 0.6 is 0 Å². The lowest BCUT2D eigenvalue weighted by atomic mass is 9.85. The van der Waals surface area contributed by atoms with Crippen LogP contribution in [0.3, 0.4) is 0 Å². The van der Waals surface area contributed by atoms with Gasteiger partial charge in [0.2, 0.25) is 17.6 Å². The van der Waals surface area contributed by atoms with E-state index in [-0.39, 0.29) is 23.2 Å².